The highest BCUT2D eigenvalue weighted by molar-refractivity contribution is 8.00. The number of hydrogen-bond donors (Lipinski definition) is 0. The summed E-state index contributed by atoms with van der Waals surface area (Å²) in [5.74, 6) is -0.368. The molecule has 2 heterocycles. The number of rotatable bonds is 3. The number of amides is 2. The molecule has 2 fully saturated rings. The number of aryl methyl sites for hydroxylation is 1. The lowest BCUT2D eigenvalue weighted by Crippen LogP contribution is -2.60. The normalized spacial score (nSPS) is 23.9. The second-order valence-electron chi connectivity index (χ2n) is 5.71. The predicted octanol–water partition coefficient (Wildman–Crippen LogP) is 0.780. The Bertz CT molecular complexity index is 663. The van der Waals surface area contributed by atoms with Gasteiger partial charge in [-0.25, -0.2) is 4.79 Å². The molecule has 0 unspecified atom stereocenters. The van der Waals surface area contributed by atoms with E-state index in [9.17, 15) is 14.4 Å². The van der Waals surface area contributed by atoms with E-state index >= 15 is 0 Å². The second kappa shape index (κ2) is 6.23. The molecule has 6 nitrogen and oxygen atoms in total. The Kier molecular flexibility index (Phi) is 4.30. The number of benzene rings is 1. The number of esters is 1. The number of piperazine rings is 1. The van der Waals surface area contributed by atoms with E-state index in [0.717, 1.165) is 11.1 Å². The highest BCUT2D eigenvalue weighted by atomic mass is 32.2. The third kappa shape index (κ3) is 2.93. The smallest absolute Gasteiger partial charge is 0.339 e. The molecule has 23 heavy (non-hydrogen) atoms. The zero-order valence-corrected chi connectivity index (χ0v) is 13.8. The van der Waals surface area contributed by atoms with Gasteiger partial charge in [-0.2, -0.15) is 0 Å². The molecule has 3 rings (SSSR count). The van der Waals surface area contributed by atoms with Crippen molar-refractivity contribution in [3.63, 3.8) is 0 Å². The van der Waals surface area contributed by atoms with Crippen LogP contribution in [0.5, 0.6) is 0 Å². The summed E-state index contributed by atoms with van der Waals surface area (Å²) in [6, 6.07) is 7.30. The Hall–Kier alpha value is -2.02. The molecule has 2 atom stereocenters. The first-order chi connectivity index (χ1) is 11.0. The van der Waals surface area contributed by atoms with Gasteiger partial charge in [0.25, 0.3) is 0 Å². The molecule has 0 spiro atoms. The zero-order valence-electron chi connectivity index (χ0n) is 13.0. The average molecular weight is 334 g/mol. The summed E-state index contributed by atoms with van der Waals surface area (Å²) in [5, 5.41) is -0.706. The van der Waals surface area contributed by atoms with E-state index in [2.05, 4.69) is 0 Å². The van der Waals surface area contributed by atoms with E-state index in [1.165, 1.54) is 23.8 Å². The number of thioether (sulfide) groups is 1. The lowest BCUT2D eigenvalue weighted by Gasteiger charge is -2.37. The molecule has 0 aromatic heterocycles. The van der Waals surface area contributed by atoms with Crippen molar-refractivity contribution >= 4 is 29.5 Å². The van der Waals surface area contributed by atoms with Crippen molar-refractivity contribution in [3.8, 4) is 0 Å². The van der Waals surface area contributed by atoms with Crippen LogP contribution in [0.1, 0.15) is 11.1 Å². The highest BCUT2D eigenvalue weighted by Gasteiger charge is 2.50. The molecule has 2 amide bonds. The summed E-state index contributed by atoms with van der Waals surface area (Å²) < 4.78 is 4.72. The maximum atomic E-state index is 12.7. The van der Waals surface area contributed by atoms with Gasteiger partial charge in [-0.05, 0) is 12.5 Å². The monoisotopic (exact) mass is 334 g/mol. The Morgan fingerprint density at radius 3 is 2.87 bits per heavy atom. The van der Waals surface area contributed by atoms with Crippen molar-refractivity contribution in [2.45, 2.75) is 24.9 Å². The quantitative estimate of drug-likeness (QED) is 0.764. The zero-order chi connectivity index (χ0) is 16.6. The Balaban J connectivity index is 1.77. The van der Waals surface area contributed by atoms with Gasteiger partial charge in [0.15, 0.2) is 5.37 Å². The third-order valence-electron chi connectivity index (χ3n) is 4.07. The van der Waals surface area contributed by atoms with Crippen LogP contribution in [0.2, 0.25) is 0 Å². The lowest BCUT2D eigenvalue weighted by atomic mass is 10.1. The minimum atomic E-state index is -0.706. The summed E-state index contributed by atoms with van der Waals surface area (Å²) in [6.45, 7) is 2.39. The summed E-state index contributed by atoms with van der Waals surface area (Å²) in [6.07, 6.45) is 0. The van der Waals surface area contributed by atoms with Gasteiger partial charge in [0.1, 0.15) is 12.6 Å². The van der Waals surface area contributed by atoms with Crippen molar-refractivity contribution in [1.82, 2.24) is 9.80 Å². The number of carbonyl (C=O) groups excluding carboxylic acids is 3. The van der Waals surface area contributed by atoms with Crippen LogP contribution in [-0.2, 0) is 25.7 Å². The fourth-order valence-corrected chi connectivity index (χ4v) is 4.31. The summed E-state index contributed by atoms with van der Waals surface area (Å²) in [7, 11) is 1.29. The van der Waals surface area contributed by atoms with Crippen molar-refractivity contribution in [2.75, 3.05) is 19.4 Å². The van der Waals surface area contributed by atoms with Gasteiger partial charge in [-0.15, -0.1) is 11.8 Å². The molecule has 0 saturated carbocycles. The van der Waals surface area contributed by atoms with E-state index in [4.69, 9.17) is 4.74 Å². The number of nitrogens with zero attached hydrogens (tertiary/aromatic N) is 2. The molecule has 0 N–H and O–H groups in total. The molecule has 1 aromatic carbocycles. The molecule has 0 radical (unpaired) electrons. The largest absolute Gasteiger partial charge is 0.467 e. The molecule has 2 aliphatic heterocycles. The fourth-order valence-electron chi connectivity index (χ4n) is 2.98. The summed E-state index contributed by atoms with van der Waals surface area (Å²) in [4.78, 5) is 39.8. The van der Waals surface area contributed by atoms with Gasteiger partial charge >= 0.3 is 5.97 Å². The number of methoxy groups -OCH3 is 1. The van der Waals surface area contributed by atoms with E-state index in [1.54, 1.807) is 4.90 Å². The Morgan fingerprint density at radius 2 is 2.17 bits per heavy atom. The highest BCUT2D eigenvalue weighted by Crippen LogP contribution is 2.33. The molecule has 2 saturated heterocycles. The van der Waals surface area contributed by atoms with Crippen LogP contribution in [0.4, 0.5) is 0 Å². The average Bonchev–Trinajstić information content (AvgIpc) is 2.97. The van der Waals surface area contributed by atoms with Gasteiger partial charge in [-0.3, -0.25) is 9.59 Å². The van der Waals surface area contributed by atoms with Crippen molar-refractivity contribution in [1.29, 1.82) is 0 Å². The Labute approximate surface area is 138 Å². The molecular weight excluding hydrogens is 316 g/mol. The van der Waals surface area contributed by atoms with Gasteiger partial charge in [0, 0.05) is 12.3 Å². The first kappa shape index (κ1) is 15.9. The van der Waals surface area contributed by atoms with Crippen LogP contribution in [-0.4, -0.2) is 58.4 Å². The fraction of sp³-hybridized carbons (Fsp3) is 0.438. The molecule has 0 aliphatic carbocycles. The SMILES string of the molecule is COC(=O)[C@@H]1SC[C@H]2C(=O)N(Cc3cccc(C)c3)CC(=O)N21. The van der Waals surface area contributed by atoms with E-state index in [0.29, 0.717) is 12.3 Å². The Morgan fingerprint density at radius 1 is 1.39 bits per heavy atom. The van der Waals surface area contributed by atoms with E-state index < -0.39 is 17.4 Å². The van der Waals surface area contributed by atoms with Crippen LogP contribution in [0, 0.1) is 6.92 Å². The maximum absolute atomic E-state index is 12.7. The summed E-state index contributed by atoms with van der Waals surface area (Å²) in [5.41, 5.74) is 2.11. The minimum Gasteiger partial charge on any atom is -0.467 e. The number of fused-ring (bicyclic) bond motifs is 1. The molecular formula is C16H18N2O4S. The van der Waals surface area contributed by atoms with Gasteiger partial charge in [0.05, 0.1) is 7.11 Å². The van der Waals surface area contributed by atoms with E-state index in [-0.39, 0.29) is 18.4 Å². The first-order valence-electron chi connectivity index (χ1n) is 7.36. The van der Waals surface area contributed by atoms with Gasteiger partial charge in [-0.1, -0.05) is 29.8 Å². The predicted molar refractivity (Wildman–Crippen MR) is 85.5 cm³/mol. The van der Waals surface area contributed by atoms with Crippen molar-refractivity contribution in [3.05, 3.63) is 35.4 Å². The van der Waals surface area contributed by atoms with Crippen molar-refractivity contribution in [2.24, 2.45) is 0 Å². The standard InChI is InChI=1S/C16H18N2O4S/c1-10-4-3-5-11(6-10)7-17-8-13(19)18-12(14(17)20)9-23-15(18)16(21)22-2/h3-6,12,15H,7-9H2,1-2H3/t12-,15-/m0/s1. The van der Waals surface area contributed by atoms with Crippen molar-refractivity contribution < 1.29 is 19.1 Å². The van der Waals surface area contributed by atoms with Gasteiger partial charge in [0.2, 0.25) is 11.8 Å². The second-order valence-corrected chi connectivity index (χ2v) is 6.82. The number of ether oxygens (including phenoxy) is 1. The molecule has 2 aliphatic rings. The molecule has 1 aromatic rings. The topological polar surface area (TPSA) is 66.9 Å². The van der Waals surface area contributed by atoms with Crippen LogP contribution >= 0.6 is 11.8 Å². The van der Waals surface area contributed by atoms with Crippen LogP contribution in [0.15, 0.2) is 24.3 Å². The van der Waals surface area contributed by atoms with E-state index in [1.807, 2.05) is 31.2 Å². The van der Waals surface area contributed by atoms with Crippen LogP contribution in [0.25, 0.3) is 0 Å². The molecule has 7 heteroatoms. The third-order valence-corrected chi connectivity index (χ3v) is 5.31. The van der Waals surface area contributed by atoms with Crippen LogP contribution < -0.4 is 0 Å². The first-order valence-corrected chi connectivity index (χ1v) is 8.41. The molecule has 0 bridgehead atoms. The lowest BCUT2D eigenvalue weighted by molar-refractivity contribution is -0.160. The van der Waals surface area contributed by atoms with Gasteiger partial charge < -0.3 is 14.5 Å². The summed E-state index contributed by atoms with van der Waals surface area (Å²) >= 11 is 1.28. The van der Waals surface area contributed by atoms with Crippen LogP contribution in [0.3, 0.4) is 0 Å². The number of hydrogen-bond acceptors (Lipinski definition) is 5. The molecule has 122 valence electrons. The maximum Gasteiger partial charge on any atom is 0.339 e. The number of carbonyl (C=O) groups is 3. The minimum absolute atomic E-state index is 0.00265.